The van der Waals surface area contributed by atoms with Crippen molar-refractivity contribution in [2.24, 2.45) is 5.92 Å². The van der Waals surface area contributed by atoms with Crippen LogP contribution in [0.1, 0.15) is 31.2 Å². The molecule has 1 nitrogen and oxygen atoms in total. The highest BCUT2D eigenvalue weighted by Crippen LogP contribution is 2.30. The molecule has 0 saturated heterocycles. The summed E-state index contributed by atoms with van der Waals surface area (Å²) in [5, 5.41) is 1.01. The quantitative estimate of drug-likeness (QED) is 0.732. The van der Waals surface area contributed by atoms with Crippen LogP contribution in [0.5, 0.6) is 0 Å². The topological polar surface area (TPSA) is 12.9 Å². The molecular formula is C12H15Cl2NS. The fourth-order valence-corrected chi connectivity index (χ4v) is 3.79. The zero-order chi connectivity index (χ0) is 11.4. The Labute approximate surface area is 111 Å². The van der Waals surface area contributed by atoms with Gasteiger partial charge in [0, 0.05) is 5.75 Å². The first-order valence-electron chi connectivity index (χ1n) is 5.64. The van der Waals surface area contributed by atoms with E-state index in [9.17, 15) is 0 Å². The van der Waals surface area contributed by atoms with E-state index in [0.29, 0.717) is 10.3 Å². The molecule has 0 N–H and O–H groups in total. The lowest BCUT2D eigenvalue weighted by Gasteiger charge is -2.08. The standard InChI is InChI=1S/C12H15Cl2NS/c13-11-6-5-10(12(14)15-11)8-16-7-9-3-1-2-4-9/h5-6,9H,1-4,7-8H2. The molecule has 0 atom stereocenters. The molecule has 4 heteroatoms. The van der Waals surface area contributed by atoms with Crippen molar-refractivity contribution in [3.05, 3.63) is 28.0 Å². The lowest BCUT2D eigenvalue weighted by atomic mass is 10.1. The zero-order valence-corrected chi connectivity index (χ0v) is 11.4. The predicted molar refractivity (Wildman–Crippen MR) is 72.4 cm³/mol. The van der Waals surface area contributed by atoms with E-state index >= 15 is 0 Å². The van der Waals surface area contributed by atoms with Crippen molar-refractivity contribution in [1.29, 1.82) is 0 Å². The average Bonchev–Trinajstić information content (AvgIpc) is 2.74. The van der Waals surface area contributed by atoms with Crippen molar-refractivity contribution >= 4 is 35.0 Å². The van der Waals surface area contributed by atoms with Gasteiger partial charge in [-0.2, -0.15) is 11.8 Å². The van der Waals surface area contributed by atoms with Crippen molar-refractivity contribution in [3.63, 3.8) is 0 Å². The summed E-state index contributed by atoms with van der Waals surface area (Å²) < 4.78 is 0. The third kappa shape index (κ3) is 3.54. The minimum atomic E-state index is 0.467. The molecule has 88 valence electrons. The lowest BCUT2D eigenvalue weighted by Crippen LogP contribution is -1.97. The smallest absolute Gasteiger partial charge is 0.134 e. The summed E-state index contributed by atoms with van der Waals surface area (Å²) in [5.74, 6) is 3.11. The van der Waals surface area contributed by atoms with Gasteiger partial charge in [0.2, 0.25) is 0 Å². The minimum absolute atomic E-state index is 0.467. The molecule has 1 aromatic heterocycles. The largest absolute Gasteiger partial charge is 0.224 e. The summed E-state index contributed by atoms with van der Waals surface area (Å²) in [5.41, 5.74) is 1.09. The molecule has 1 aliphatic rings. The summed E-state index contributed by atoms with van der Waals surface area (Å²) in [6, 6.07) is 3.78. The van der Waals surface area contributed by atoms with Gasteiger partial charge in [-0.3, -0.25) is 0 Å². The van der Waals surface area contributed by atoms with E-state index in [0.717, 1.165) is 17.2 Å². The Balaban J connectivity index is 1.80. The Bertz CT molecular complexity index is 351. The van der Waals surface area contributed by atoms with E-state index in [2.05, 4.69) is 4.98 Å². The van der Waals surface area contributed by atoms with E-state index in [4.69, 9.17) is 23.2 Å². The number of hydrogen-bond acceptors (Lipinski definition) is 2. The van der Waals surface area contributed by atoms with Crippen molar-refractivity contribution < 1.29 is 0 Å². The van der Waals surface area contributed by atoms with Crippen molar-refractivity contribution in [3.8, 4) is 0 Å². The second-order valence-electron chi connectivity index (χ2n) is 4.25. The van der Waals surface area contributed by atoms with Gasteiger partial charge in [-0.15, -0.1) is 0 Å². The third-order valence-electron chi connectivity index (χ3n) is 2.98. The fraction of sp³-hybridized carbons (Fsp3) is 0.583. The van der Waals surface area contributed by atoms with Crippen LogP contribution in [0.25, 0.3) is 0 Å². The lowest BCUT2D eigenvalue weighted by molar-refractivity contribution is 0.623. The molecule has 1 aliphatic carbocycles. The van der Waals surface area contributed by atoms with Gasteiger partial charge in [-0.25, -0.2) is 4.98 Å². The first-order valence-corrected chi connectivity index (χ1v) is 7.55. The third-order valence-corrected chi connectivity index (χ3v) is 4.74. The van der Waals surface area contributed by atoms with E-state index in [1.165, 1.54) is 31.4 Å². The minimum Gasteiger partial charge on any atom is -0.224 e. The molecular weight excluding hydrogens is 261 g/mol. The van der Waals surface area contributed by atoms with E-state index in [1.807, 2.05) is 17.8 Å². The number of pyridine rings is 1. The second-order valence-corrected chi connectivity index (χ2v) is 6.03. The van der Waals surface area contributed by atoms with Gasteiger partial charge >= 0.3 is 0 Å². The van der Waals surface area contributed by atoms with Crippen LogP contribution in [0, 0.1) is 5.92 Å². The van der Waals surface area contributed by atoms with E-state index < -0.39 is 0 Å². The van der Waals surface area contributed by atoms with Gasteiger partial charge in [0.1, 0.15) is 10.3 Å². The molecule has 0 bridgehead atoms. The maximum absolute atomic E-state index is 6.02. The van der Waals surface area contributed by atoms with Gasteiger partial charge in [0.05, 0.1) is 0 Å². The van der Waals surface area contributed by atoms with Crippen LogP contribution in [0.15, 0.2) is 12.1 Å². The maximum Gasteiger partial charge on any atom is 0.134 e. The molecule has 0 spiro atoms. The molecule has 1 aromatic rings. The number of nitrogens with zero attached hydrogens (tertiary/aromatic N) is 1. The highest BCUT2D eigenvalue weighted by atomic mass is 35.5. The Morgan fingerprint density at radius 2 is 2.00 bits per heavy atom. The molecule has 16 heavy (non-hydrogen) atoms. The Hall–Kier alpha value is 0.0800. The fourth-order valence-electron chi connectivity index (χ4n) is 2.06. The summed E-state index contributed by atoms with van der Waals surface area (Å²) in [6.45, 7) is 0. The highest BCUT2D eigenvalue weighted by molar-refractivity contribution is 7.98. The van der Waals surface area contributed by atoms with Crippen molar-refractivity contribution in [1.82, 2.24) is 4.98 Å². The first kappa shape index (κ1) is 12.5. The van der Waals surface area contributed by atoms with Gasteiger partial charge in [-0.1, -0.05) is 42.1 Å². The monoisotopic (exact) mass is 275 g/mol. The van der Waals surface area contributed by atoms with Crippen LogP contribution in [0.3, 0.4) is 0 Å². The van der Waals surface area contributed by atoms with Crippen LogP contribution in [-0.4, -0.2) is 10.7 Å². The van der Waals surface area contributed by atoms with Crippen molar-refractivity contribution in [2.45, 2.75) is 31.4 Å². The van der Waals surface area contributed by atoms with Crippen LogP contribution in [-0.2, 0) is 5.75 Å². The number of hydrogen-bond donors (Lipinski definition) is 0. The van der Waals surface area contributed by atoms with Crippen LogP contribution in [0.2, 0.25) is 10.3 Å². The maximum atomic E-state index is 6.02. The van der Waals surface area contributed by atoms with Crippen molar-refractivity contribution in [2.75, 3.05) is 5.75 Å². The first-order chi connectivity index (χ1) is 7.75. The van der Waals surface area contributed by atoms with Crippen LogP contribution < -0.4 is 0 Å². The average molecular weight is 276 g/mol. The summed E-state index contributed by atoms with van der Waals surface area (Å²) in [6.07, 6.45) is 5.63. The van der Waals surface area contributed by atoms with E-state index in [-0.39, 0.29) is 0 Å². The molecule has 0 radical (unpaired) electrons. The normalized spacial score (nSPS) is 16.9. The van der Waals surface area contributed by atoms with Gasteiger partial charge in [0.25, 0.3) is 0 Å². The van der Waals surface area contributed by atoms with Gasteiger partial charge in [-0.05, 0) is 36.1 Å². The summed E-state index contributed by atoms with van der Waals surface area (Å²) in [4.78, 5) is 4.04. The summed E-state index contributed by atoms with van der Waals surface area (Å²) >= 11 is 13.7. The van der Waals surface area contributed by atoms with Gasteiger partial charge in [0.15, 0.2) is 0 Å². The van der Waals surface area contributed by atoms with Gasteiger partial charge < -0.3 is 0 Å². The zero-order valence-electron chi connectivity index (χ0n) is 9.09. The number of thioether (sulfide) groups is 1. The second kappa shape index (κ2) is 6.13. The molecule has 0 aliphatic heterocycles. The molecule has 0 unspecified atom stereocenters. The predicted octanol–water partition coefficient (Wildman–Crippen LogP) is 4.81. The molecule has 0 amide bonds. The molecule has 1 saturated carbocycles. The molecule has 2 rings (SSSR count). The Morgan fingerprint density at radius 3 is 2.69 bits per heavy atom. The summed E-state index contributed by atoms with van der Waals surface area (Å²) in [7, 11) is 0. The Morgan fingerprint density at radius 1 is 1.25 bits per heavy atom. The van der Waals surface area contributed by atoms with Crippen LogP contribution >= 0.6 is 35.0 Å². The van der Waals surface area contributed by atoms with E-state index in [1.54, 1.807) is 6.07 Å². The Kier molecular flexibility index (Phi) is 4.80. The highest BCUT2D eigenvalue weighted by Gasteiger charge is 2.14. The SMILES string of the molecule is Clc1ccc(CSCC2CCCC2)c(Cl)n1. The molecule has 1 fully saturated rings. The molecule has 1 heterocycles. The molecule has 0 aromatic carbocycles. The number of rotatable bonds is 4. The number of aromatic nitrogens is 1. The number of halogens is 2. The van der Waals surface area contributed by atoms with Crippen LogP contribution in [0.4, 0.5) is 0 Å².